The molecule has 0 radical (unpaired) electrons. The normalized spacial score (nSPS) is 9.69. The first kappa shape index (κ1) is 12.5. The predicted octanol–water partition coefficient (Wildman–Crippen LogP) is 3.48. The number of hydrogen-bond donors (Lipinski definition) is 1. The van der Waals surface area contributed by atoms with Gasteiger partial charge in [-0.05, 0) is 12.5 Å². The Labute approximate surface area is 94.7 Å². The number of unbranched alkanes of at least 4 members (excludes halogenated alkanes) is 3. The first-order valence-electron chi connectivity index (χ1n) is 5.38. The highest BCUT2D eigenvalue weighted by atomic mass is 19.1. The Morgan fingerprint density at radius 1 is 1.25 bits per heavy atom. The lowest BCUT2D eigenvalue weighted by Gasteiger charge is -1.99. The number of nitrogens with two attached hydrogens (primary N) is 1. The van der Waals surface area contributed by atoms with E-state index in [1.54, 1.807) is 0 Å². The molecule has 1 nitrogen and oxygen atoms in total. The summed E-state index contributed by atoms with van der Waals surface area (Å²) in [5.41, 5.74) is 5.60. The van der Waals surface area contributed by atoms with Gasteiger partial charge in [0, 0.05) is 12.5 Å². The molecule has 0 heterocycles. The molecule has 0 aromatic heterocycles. The molecule has 16 heavy (non-hydrogen) atoms. The zero-order chi connectivity index (χ0) is 12.0. The van der Waals surface area contributed by atoms with Gasteiger partial charge in [0.25, 0.3) is 0 Å². The number of nitrogen functional groups attached to an aromatic ring is 1. The highest BCUT2D eigenvalue weighted by Crippen LogP contribution is 2.17. The number of rotatable bonds is 3. The Balaban J connectivity index is 2.73. The van der Waals surface area contributed by atoms with Gasteiger partial charge < -0.3 is 5.73 Å². The summed E-state index contributed by atoms with van der Waals surface area (Å²) in [5.74, 6) is 4.17. The molecule has 0 bridgehead atoms. The summed E-state index contributed by atoms with van der Waals surface area (Å²) in [6, 6.07) is 1.92. The molecule has 86 valence electrons. The fourth-order valence-electron chi connectivity index (χ4n) is 1.31. The molecule has 0 unspecified atom stereocenters. The van der Waals surface area contributed by atoms with Gasteiger partial charge in [-0.2, -0.15) is 0 Å². The van der Waals surface area contributed by atoms with Gasteiger partial charge in [0.2, 0.25) is 0 Å². The molecule has 1 aromatic carbocycles. The Hall–Kier alpha value is -1.56. The fraction of sp³-hybridized carbons (Fsp3) is 0.385. The maximum Gasteiger partial charge on any atom is 0.150 e. The lowest BCUT2D eigenvalue weighted by atomic mass is 10.1. The van der Waals surface area contributed by atoms with Crippen molar-refractivity contribution in [2.45, 2.75) is 32.6 Å². The second-order valence-electron chi connectivity index (χ2n) is 3.61. The minimum atomic E-state index is -0.752. The lowest BCUT2D eigenvalue weighted by molar-refractivity contribution is 0.585. The van der Waals surface area contributed by atoms with Crippen LogP contribution in [0.25, 0.3) is 0 Å². The lowest BCUT2D eigenvalue weighted by Crippen LogP contribution is -1.96. The Kier molecular flexibility index (Phi) is 4.78. The quantitative estimate of drug-likeness (QED) is 0.474. The maximum absolute atomic E-state index is 13.0. The zero-order valence-electron chi connectivity index (χ0n) is 9.32. The molecule has 0 spiro atoms. The standard InChI is InChI=1S/C13H15F2N/c1-2-3-4-5-6-7-10-8-11(14)9-12(15)13(10)16/h8-9H,2-5,16H2,1H3. The van der Waals surface area contributed by atoms with Crippen molar-refractivity contribution in [3.05, 3.63) is 29.3 Å². The predicted molar refractivity (Wildman–Crippen MR) is 61.8 cm³/mol. The van der Waals surface area contributed by atoms with E-state index in [0.29, 0.717) is 0 Å². The van der Waals surface area contributed by atoms with Gasteiger partial charge in [0.05, 0.1) is 11.3 Å². The second-order valence-corrected chi connectivity index (χ2v) is 3.61. The van der Waals surface area contributed by atoms with Crippen LogP contribution < -0.4 is 5.73 Å². The van der Waals surface area contributed by atoms with Crippen LogP contribution in [0.2, 0.25) is 0 Å². The molecule has 3 heteroatoms. The van der Waals surface area contributed by atoms with Crippen LogP contribution in [0, 0.1) is 23.5 Å². The second kappa shape index (κ2) is 6.12. The van der Waals surface area contributed by atoms with Crippen molar-refractivity contribution < 1.29 is 8.78 Å². The molecule has 0 aliphatic carbocycles. The van der Waals surface area contributed by atoms with E-state index in [2.05, 4.69) is 18.8 Å². The van der Waals surface area contributed by atoms with Crippen molar-refractivity contribution in [2.75, 3.05) is 5.73 Å². The molecule has 0 saturated heterocycles. The van der Waals surface area contributed by atoms with Crippen LogP contribution in [-0.4, -0.2) is 0 Å². The summed E-state index contributed by atoms with van der Waals surface area (Å²) in [5, 5.41) is 0. The molecule has 0 aliphatic heterocycles. The number of halogens is 2. The average Bonchev–Trinajstić information content (AvgIpc) is 2.24. The van der Waals surface area contributed by atoms with Gasteiger partial charge >= 0.3 is 0 Å². The number of benzene rings is 1. The van der Waals surface area contributed by atoms with Gasteiger partial charge in [0.1, 0.15) is 11.6 Å². The van der Waals surface area contributed by atoms with E-state index in [1.807, 2.05) is 0 Å². The van der Waals surface area contributed by atoms with E-state index in [1.165, 1.54) is 0 Å². The molecule has 0 atom stereocenters. The highest BCUT2D eigenvalue weighted by Gasteiger charge is 2.05. The summed E-state index contributed by atoms with van der Waals surface area (Å²) < 4.78 is 25.9. The van der Waals surface area contributed by atoms with E-state index < -0.39 is 11.6 Å². The summed E-state index contributed by atoms with van der Waals surface area (Å²) in [4.78, 5) is 0. The number of anilines is 1. The van der Waals surface area contributed by atoms with Crippen LogP contribution in [-0.2, 0) is 0 Å². The van der Waals surface area contributed by atoms with E-state index in [-0.39, 0.29) is 11.3 Å². The number of hydrogen-bond acceptors (Lipinski definition) is 1. The summed E-state index contributed by atoms with van der Waals surface area (Å²) in [7, 11) is 0. The van der Waals surface area contributed by atoms with Crippen molar-refractivity contribution in [3.8, 4) is 11.8 Å². The minimum absolute atomic E-state index is 0.0793. The molecule has 0 fully saturated rings. The van der Waals surface area contributed by atoms with Crippen LogP contribution in [0.15, 0.2) is 12.1 Å². The summed E-state index contributed by atoms with van der Waals surface area (Å²) >= 11 is 0. The molecule has 0 amide bonds. The third kappa shape index (κ3) is 3.54. The topological polar surface area (TPSA) is 26.0 Å². The van der Waals surface area contributed by atoms with E-state index in [4.69, 9.17) is 5.73 Å². The fourth-order valence-corrected chi connectivity index (χ4v) is 1.31. The monoisotopic (exact) mass is 223 g/mol. The van der Waals surface area contributed by atoms with Gasteiger partial charge in [-0.25, -0.2) is 8.78 Å². The van der Waals surface area contributed by atoms with Gasteiger partial charge in [-0.15, -0.1) is 0 Å². The minimum Gasteiger partial charge on any atom is -0.395 e. The Bertz CT molecular complexity index is 416. The third-order valence-corrected chi connectivity index (χ3v) is 2.22. The molecule has 2 N–H and O–H groups in total. The Morgan fingerprint density at radius 3 is 2.69 bits per heavy atom. The van der Waals surface area contributed by atoms with Crippen LogP contribution in [0.1, 0.15) is 38.2 Å². The van der Waals surface area contributed by atoms with Crippen LogP contribution in [0.3, 0.4) is 0 Å². The molecule has 1 aromatic rings. The van der Waals surface area contributed by atoms with Crippen molar-refractivity contribution in [1.82, 2.24) is 0 Å². The smallest absolute Gasteiger partial charge is 0.150 e. The van der Waals surface area contributed by atoms with Crippen molar-refractivity contribution >= 4 is 5.69 Å². The Morgan fingerprint density at radius 2 is 2.00 bits per heavy atom. The SMILES string of the molecule is CCCCCC#Cc1cc(F)cc(F)c1N. The molecular weight excluding hydrogens is 208 g/mol. The average molecular weight is 223 g/mol. The molecule has 0 saturated carbocycles. The van der Waals surface area contributed by atoms with Crippen molar-refractivity contribution in [2.24, 2.45) is 0 Å². The van der Waals surface area contributed by atoms with Gasteiger partial charge in [0.15, 0.2) is 0 Å². The van der Waals surface area contributed by atoms with Gasteiger partial charge in [-0.3, -0.25) is 0 Å². The first-order valence-corrected chi connectivity index (χ1v) is 5.38. The first-order chi connectivity index (χ1) is 7.65. The molecule has 0 aliphatic rings. The molecular formula is C13H15F2N. The molecule has 1 rings (SSSR count). The summed E-state index contributed by atoms with van der Waals surface area (Å²) in [6.45, 7) is 2.10. The van der Waals surface area contributed by atoms with E-state index in [0.717, 1.165) is 37.8 Å². The van der Waals surface area contributed by atoms with Crippen molar-refractivity contribution in [1.29, 1.82) is 0 Å². The van der Waals surface area contributed by atoms with Crippen LogP contribution >= 0.6 is 0 Å². The van der Waals surface area contributed by atoms with E-state index in [9.17, 15) is 8.78 Å². The highest BCUT2D eigenvalue weighted by molar-refractivity contribution is 5.56. The van der Waals surface area contributed by atoms with Gasteiger partial charge in [-0.1, -0.05) is 31.6 Å². The van der Waals surface area contributed by atoms with E-state index >= 15 is 0 Å². The van der Waals surface area contributed by atoms with Crippen LogP contribution in [0.4, 0.5) is 14.5 Å². The largest absolute Gasteiger partial charge is 0.395 e. The maximum atomic E-state index is 13.0. The van der Waals surface area contributed by atoms with Crippen molar-refractivity contribution in [3.63, 3.8) is 0 Å². The summed E-state index contributed by atoms with van der Waals surface area (Å²) in [6.07, 6.45) is 3.96. The van der Waals surface area contributed by atoms with Crippen LogP contribution in [0.5, 0.6) is 0 Å². The zero-order valence-corrected chi connectivity index (χ0v) is 9.32. The third-order valence-electron chi connectivity index (χ3n) is 2.22.